The van der Waals surface area contributed by atoms with Crippen molar-refractivity contribution in [3.8, 4) is 56.7 Å². The van der Waals surface area contributed by atoms with Gasteiger partial charge in [0.1, 0.15) is 0 Å². The summed E-state index contributed by atoms with van der Waals surface area (Å²) in [5.74, 6) is 1.84. The molecule has 3 heterocycles. The van der Waals surface area contributed by atoms with Crippen LogP contribution in [0.25, 0.3) is 111 Å². The molecule has 3 aromatic heterocycles. The second-order valence-corrected chi connectivity index (χ2v) is 15.3. The Balaban J connectivity index is 1.07. The summed E-state index contributed by atoms with van der Waals surface area (Å²) in [6.45, 7) is 0. The lowest BCUT2D eigenvalue weighted by Crippen LogP contribution is -2.02. The van der Waals surface area contributed by atoms with Crippen molar-refractivity contribution in [1.82, 2.24) is 24.1 Å². The Hall–Kier alpha value is -8.15. The van der Waals surface area contributed by atoms with Crippen LogP contribution in [0.2, 0.25) is 0 Å². The van der Waals surface area contributed by atoms with Crippen molar-refractivity contribution < 1.29 is 0 Å². The summed E-state index contributed by atoms with van der Waals surface area (Å²) >= 11 is 0. The second kappa shape index (κ2) is 13.8. The van der Waals surface area contributed by atoms with Crippen molar-refractivity contribution in [3.05, 3.63) is 212 Å². The van der Waals surface area contributed by atoms with Gasteiger partial charge < -0.3 is 9.13 Å². The molecule has 280 valence electrons. The molecular weight excluding hydrogens is 731 g/mol. The molecule has 0 amide bonds. The van der Waals surface area contributed by atoms with E-state index in [0.29, 0.717) is 17.5 Å². The Bertz CT molecular complexity index is 3580. The fourth-order valence-electron chi connectivity index (χ4n) is 8.96. The second-order valence-electron chi connectivity index (χ2n) is 15.3. The van der Waals surface area contributed by atoms with Crippen LogP contribution in [0.15, 0.2) is 212 Å². The minimum atomic E-state index is 0.610. The van der Waals surface area contributed by atoms with Crippen LogP contribution in [0.3, 0.4) is 0 Å². The van der Waals surface area contributed by atoms with E-state index < -0.39 is 0 Å². The number of benzene rings is 9. The van der Waals surface area contributed by atoms with Crippen LogP contribution in [-0.2, 0) is 0 Å². The molecule has 9 aromatic carbocycles. The topological polar surface area (TPSA) is 48.5 Å². The monoisotopic (exact) mass is 765 g/mol. The van der Waals surface area contributed by atoms with Crippen LogP contribution < -0.4 is 0 Å². The van der Waals surface area contributed by atoms with E-state index in [4.69, 9.17) is 15.0 Å². The summed E-state index contributed by atoms with van der Waals surface area (Å²) in [6, 6.07) is 75.0. The highest BCUT2D eigenvalue weighted by Gasteiger charge is 2.21. The lowest BCUT2D eigenvalue weighted by Gasteiger charge is -2.13. The Morgan fingerprint density at radius 1 is 0.283 bits per heavy atom. The van der Waals surface area contributed by atoms with Gasteiger partial charge in [-0.15, -0.1) is 0 Å². The first-order valence-corrected chi connectivity index (χ1v) is 20.3. The molecule has 0 fully saturated rings. The zero-order valence-electron chi connectivity index (χ0n) is 32.4. The molecular formula is C55H35N5. The summed E-state index contributed by atoms with van der Waals surface area (Å²) in [5, 5.41) is 7.24. The van der Waals surface area contributed by atoms with Crippen molar-refractivity contribution in [2.45, 2.75) is 0 Å². The maximum absolute atomic E-state index is 5.32. The van der Waals surface area contributed by atoms with Gasteiger partial charge in [0, 0.05) is 49.6 Å². The van der Waals surface area contributed by atoms with Crippen molar-refractivity contribution >= 4 is 54.4 Å². The first-order chi connectivity index (χ1) is 29.7. The Morgan fingerprint density at radius 2 is 0.817 bits per heavy atom. The average Bonchev–Trinajstić information content (AvgIpc) is 3.84. The summed E-state index contributed by atoms with van der Waals surface area (Å²) in [4.78, 5) is 15.8. The van der Waals surface area contributed by atoms with E-state index in [1.54, 1.807) is 0 Å². The quantitative estimate of drug-likeness (QED) is 0.169. The van der Waals surface area contributed by atoms with Crippen LogP contribution in [0.4, 0.5) is 0 Å². The van der Waals surface area contributed by atoms with Gasteiger partial charge in [0.15, 0.2) is 17.5 Å². The smallest absolute Gasteiger partial charge is 0.166 e. The molecule has 0 aliphatic carbocycles. The SMILES string of the molecule is c1ccc(-c2cccc(-c3nc(-c4ccc(-n5c6ccccc6c6cc7ccccc7cc65)cc4)nc(-c4cccc5c6ccccc6n(-c6ccccc6)c45)n3)c2)cc1. The van der Waals surface area contributed by atoms with Gasteiger partial charge in [-0.2, -0.15) is 0 Å². The predicted octanol–water partition coefficient (Wildman–Crippen LogP) is 13.9. The molecule has 0 spiro atoms. The molecule has 0 saturated carbocycles. The van der Waals surface area contributed by atoms with Gasteiger partial charge >= 0.3 is 0 Å². The Labute approximate surface area is 346 Å². The number of hydrogen-bond donors (Lipinski definition) is 0. The van der Waals surface area contributed by atoms with Crippen LogP contribution >= 0.6 is 0 Å². The van der Waals surface area contributed by atoms with E-state index in [-0.39, 0.29) is 0 Å². The highest BCUT2D eigenvalue weighted by Crippen LogP contribution is 2.39. The zero-order valence-corrected chi connectivity index (χ0v) is 32.4. The van der Waals surface area contributed by atoms with E-state index >= 15 is 0 Å². The van der Waals surface area contributed by atoms with E-state index in [2.05, 4.69) is 215 Å². The van der Waals surface area contributed by atoms with Gasteiger partial charge in [-0.05, 0) is 94.7 Å². The lowest BCUT2D eigenvalue weighted by atomic mass is 10.0. The van der Waals surface area contributed by atoms with E-state index in [1.165, 1.54) is 38.0 Å². The first kappa shape index (κ1) is 33.9. The van der Waals surface area contributed by atoms with E-state index in [9.17, 15) is 0 Å². The summed E-state index contributed by atoms with van der Waals surface area (Å²) in [7, 11) is 0. The third-order valence-electron chi connectivity index (χ3n) is 11.7. The van der Waals surface area contributed by atoms with Gasteiger partial charge in [0.05, 0.1) is 22.1 Å². The zero-order chi connectivity index (χ0) is 39.6. The molecule has 5 heteroatoms. The largest absolute Gasteiger partial charge is 0.309 e. The molecule has 12 rings (SSSR count). The normalized spacial score (nSPS) is 11.7. The summed E-state index contributed by atoms with van der Waals surface area (Å²) < 4.78 is 4.70. The number of nitrogens with zero attached hydrogens (tertiary/aromatic N) is 5. The Kier molecular flexibility index (Phi) is 7.78. The Morgan fingerprint density at radius 3 is 1.58 bits per heavy atom. The van der Waals surface area contributed by atoms with Crippen molar-refractivity contribution in [2.75, 3.05) is 0 Å². The number of fused-ring (bicyclic) bond motifs is 7. The third-order valence-corrected chi connectivity index (χ3v) is 11.7. The molecule has 12 aromatic rings. The van der Waals surface area contributed by atoms with Crippen LogP contribution in [0.5, 0.6) is 0 Å². The van der Waals surface area contributed by atoms with Crippen LogP contribution in [0, 0.1) is 0 Å². The van der Waals surface area contributed by atoms with Gasteiger partial charge in [-0.3, -0.25) is 0 Å². The van der Waals surface area contributed by atoms with Crippen LogP contribution in [-0.4, -0.2) is 24.1 Å². The fraction of sp³-hybridized carbons (Fsp3) is 0. The van der Waals surface area contributed by atoms with E-state index in [1.807, 2.05) is 6.07 Å². The van der Waals surface area contributed by atoms with Gasteiger partial charge in [0.2, 0.25) is 0 Å². The predicted molar refractivity (Wildman–Crippen MR) is 248 cm³/mol. The molecule has 0 aliphatic rings. The molecule has 0 atom stereocenters. The molecule has 0 aliphatic heterocycles. The van der Waals surface area contributed by atoms with Gasteiger partial charge in [-0.1, -0.05) is 140 Å². The molecule has 0 saturated heterocycles. The lowest BCUT2D eigenvalue weighted by molar-refractivity contribution is 1.07. The molecule has 5 nitrogen and oxygen atoms in total. The average molecular weight is 766 g/mol. The molecule has 0 unspecified atom stereocenters. The summed E-state index contributed by atoms with van der Waals surface area (Å²) in [6.07, 6.45) is 0. The molecule has 0 bridgehead atoms. The standard InChI is InChI=1S/C55H35N5/c1-3-15-36(16-4-1)38-19-13-20-41(33-38)54-56-53(57-55(58-54)47-26-14-25-46-44-23-9-12-28-50(44)60(52(46)47)42-21-5-2-6-22-42)37-29-31-43(32-30-37)59-49-27-11-10-24-45(49)48-34-39-17-7-8-18-40(39)35-51(48)59/h1-35H. The van der Waals surface area contributed by atoms with Crippen molar-refractivity contribution in [1.29, 1.82) is 0 Å². The maximum Gasteiger partial charge on any atom is 0.166 e. The van der Waals surface area contributed by atoms with Crippen LogP contribution in [0.1, 0.15) is 0 Å². The first-order valence-electron chi connectivity index (χ1n) is 20.3. The number of para-hydroxylation sites is 4. The molecule has 0 radical (unpaired) electrons. The number of aromatic nitrogens is 5. The molecule has 60 heavy (non-hydrogen) atoms. The minimum absolute atomic E-state index is 0.610. The highest BCUT2D eigenvalue weighted by atomic mass is 15.0. The third kappa shape index (κ3) is 5.52. The minimum Gasteiger partial charge on any atom is -0.309 e. The fourth-order valence-corrected chi connectivity index (χ4v) is 8.96. The van der Waals surface area contributed by atoms with Gasteiger partial charge in [-0.25, -0.2) is 15.0 Å². The van der Waals surface area contributed by atoms with Gasteiger partial charge in [0.25, 0.3) is 0 Å². The number of rotatable bonds is 6. The van der Waals surface area contributed by atoms with Crippen molar-refractivity contribution in [3.63, 3.8) is 0 Å². The number of hydrogen-bond acceptors (Lipinski definition) is 3. The molecule has 0 N–H and O–H groups in total. The highest BCUT2D eigenvalue weighted by molar-refractivity contribution is 6.14. The van der Waals surface area contributed by atoms with Crippen molar-refractivity contribution in [2.24, 2.45) is 0 Å². The maximum atomic E-state index is 5.32. The summed E-state index contributed by atoms with van der Waals surface area (Å²) in [5.41, 5.74) is 11.7. The van der Waals surface area contributed by atoms with E-state index in [0.717, 1.165) is 55.6 Å².